The Kier molecular flexibility index (Phi) is 4.84. The molecule has 3 heterocycles. The molecule has 2 atom stereocenters. The number of hydrogen-bond acceptors (Lipinski definition) is 6. The van der Waals surface area contributed by atoms with Crippen molar-refractivity contribution in [2.45, 2.75) is 25.5 Å². The van der Waals surface area contributed by atoms with Gasteiger partial charge in [0.2, 0.25) is 5.91 Å². The summed E-state index contributed by atoms with van der Waals surface area (Å²) < 4.78 is 21.8. The molecule has 1 N–H and O–H groups in total. The van der Waals surface area contributed by atoms with Crippen molar-refractivity contribution in [3.8, 4) is 0 Å². The van der Waals surface area contributed by atoms with E-state index in [0.717, 1.165) is 6.42 Å². The Bertz CT molecular complexity index is 874. The smallest absolute Gasteiger partial charge is 0.414 e. The molecule has 2 aliphatic heterocycles. The van der Waals surface area contributed by atoms with Gasteiger partial charge in [-0.2, -0.15) is 0 Å². The zero-order chi connectivity index (χ0) is 19.7. The van der Waals surface area contributed by atoms with Gasteiger partial charge < -0.3 is 15.0 Å². The summed E-state index contributed by atoms with van der Waals surface area (Å²) in [5.74, 6) is -0.588. The Morgan fingerprint density at radius 3 is 2.96 bits per heavy atom. The molecule has 2 fully saturated rings. The molecule has 1 aromatic heterocycles. The third kappa shape index (κ3) is 3.62. The van der Waals surface area contributed by atoms with Crippen LogP contribution in [0.15, 0.2) is 30.6 Å². The van der Waals surface area contributed by atoms with Gasteiger partial charge in [0.15, 0.2) is 0 Å². The number of halogens is 1. The van der Waals surface area contributed by atoms with Gasteiger partial charge >= 0.3 is 6.09 Å². The fraction of sp³-hybridized carbons (Fsp3) is 0.444. The average molecular weight is 388 g/mol. The lowest BCUT2D eigenvalue weighted by atomic mass is 10.2. The standard InChI is InChI=1S/C18H21FN6O3/c1-12(26)20-9-15-11-24(18(27)28-15)13-2-3-17(16(19)8-13)23-6-4-14(10-23)25-7-5-21-22-25/h2-3,5,7-8,14-15H,4,6,9-11H2,1H3,(H,20,26)/t14-,15-/m0/s1. The zero-order valence-electron chi connectivity index (χ0n) is 15.4. The molecule has 4 rings (SSSR count). The minimum absolute atomic E-state index is 0.157. The molecule has 2 aromatic rings. The highest BCUT2D eigenvalue weighted by atomic mass is 19.1. The van der Waals surface area contributed by atoms with Crippen molar-refractivity contribution in [3.05, 3.63) is 36.4 Å². The van der Waals surface area contributed by atoms with Crippen LogP contribution >= 0.6 is 0 Å². The summed E-state index contributed by atoms with van der Waals surface area (Å²) in [5, 5.41) is 10.5. The van der Waals surface area contributed by atoms with Crippen LogP contribution in [0, 0.1) is 5.82 Å². The number of cyclic esters (lactones) is 1. The van der Waals surface area contributed by atoms with Crippen LogP contribution in [0.2, 0.25) is 0 Å². The number of carbonyl (C=O) groups is 2. The molecule has 0 radical (unpaired) electrons. The number of nitrogens with one attached hydrogen (secondary N) is 1. The van der Waals surface area contributed by atoms with Crippen LogP contribution in [0.25, 0.3) is 0 Å². The molecule has 2 aliphatic rings. The average Bonchev–Trinajstić information content (AvgIpc) is 3.40. The van der Waals surface area contributed by atoms with Crippen molar-refractivity contribution in [2.24, 2.45) is 0 Å². The van der Waals surface area contributed by atoms with E-state index in [2.05, 4.69) is 15.6 Å². The summed E-state index contributed by atoms with van der Waals surface area (Å²) in [6.07, 6.45) is 3.29. The van der Waals surface area contributed by atoms with Crippen molar-refractivity contribution < 1.29 is 18.7 Å². The van der Waals surface area contributed by atoms with Gasteiger partial charge in [0.1, 0.15) is 11.9 Å². The van der Waals surface area contributed by atoms with Crippen molar-refractivity contribution in [1.29, 1.82) is 0 Å². The van der Waals surface area contributed by atoms with Crippen molar-refractivity contribution in [1.82, 2.24) is 20.3 Å². The predicted molar refractivity (Wildman–Crippen MR) is 98.6 cm³/mol. The number of hydrogen-bond donors (Lipinski definition) is 1. The normalized spacial score (nSPS) is 21.9. The lowest BCUT2D eigenvalue weighted by Crippen LogP contribution is -2.33. The number of aromatic nitrogens is 3. The maximum Gasteiger partial charge on any atom is 0.414 e. The maximum atomic E-state index is 14.8. The molecule has 28 heavy (non-hydrogen) atoms. The Labute approximate surface area is 161 Å². The van der Waals surface area contributed by atoms with Gasteiger partial charge in [-0.1, -0.05) is 5.21 Å². The third-order valence-electron chi connectivity index (χ3n) is 5.01. The monoisotopic (exact) mass is 388 g/mol. The van der Waals surface area contributed by atoms with Crippen LogP contribution < -0.4 is 15.1 Å². The highest BCUT2D eigenvalue weighted by Crippen LogP contribution is 2.31. The first-order chi connectivity index (χ1) is 13.5. The fourth-order valence-corrected chi connectivity index (χ4v) is 3.61. The third-order valence-corrected chi connectivity index (χ3v) is 5.01. The van der Waals surface area contributed by atoms with Gasteiger partial charge in [-0.3, -0.25) is 9.69 Å². The Morgan fingerprint density at radius 2 is 2.25 bits per heavy atom. The summed E-state index contributed by atoms with van der Waals surface area (Å²) >= 11 is 0. The van der Waals surface area contributed by atoms with Crippen LogP contribution in [0.4, 0.5) is 20.6 Å². The molecule has 1 aromatic carbocycles. The summed E-state index contributed by atoms with van der Waals surface area (Å²) in [6, 6.07) is 4.90. The van der Waals surface area contributed by atoms with E-state index in [4.69, 9.17) is 4.74 Å². The van der Waals surface area contributed by atoms with E-state index < -0.39 is 18.0 Å². The summed E-state index contributed by atoms with van der Waals surface area (Å²) in [5.41, 5.74) is 0.928. The number of anilines is 2. The quantitative estimate of drug-likeness (QED) is 0.831. The predicted octanol–water partition coefficient (Wildman–Crippen LogP) is 1.33. The van der Waals surface area contributed by atoms with Gasteiger partial charge in [0.05, 0.1) is 36.7 Å². The summed E-state index contributed by atoms with van der Waals surface area (Å²) in [6.45, 7) is 3.25. The number of amides is 2. The van der Waals surface area contributed by atoms with Gasteiger partial charge in [0.25, 0.3) is 0 Å². The Hall–Kier alpha value is -3.17. The second kappa shape index (κ2) is 7.45. The van der Waals surface area contributed by atoms with Crippen LogP contribution in [0.1, 0.15) is 19.4 Å². The molecule has 9 nitrogen and oxygen atoms in total. The largest absolute Gasteiger partial charge is 0.442 e. The van der Waals surface area contributed by atoms with E-state index in [1.54, 1.807) is 23.0 Å². The topological polar surface area (TPSA) is 92.6 Å². The molecule has 0 aliphatic carbocycles. The summed E-state index contributed by atoms with van der Waals surface area (Å²) in [7, 11) is 0. The van der Waals surface area contributed by atoms with Crippen molar-refractivity contribution in [3.63, 3.8) is 0 Å². The molecule has 2 amide bonds. The molecule has 10 heteroatoms. The minimum atomic E-state index is -0.546. The van der Waals surface area contributed by atoms with Gasteiger partial charge in [0, 0.05) is 26.2 Å². The number of benzene rings is 1. The molecule has 148 valence electrons. The van der Waals surface area contributed by atoms with E-state index in [0.29, 0.717) is 24.5 Å². The minimum Gasteiger partial charge on any atom is -0.442 e. The lowest BCUT2D eigenvalue weighted by Gasteiger charge is -2.21. The van der Waals surface area contributed by atoms with E-state index in [-0.39, 0.29) is 25.0 Å². The fourth-order valence-electron chi connectivity index (χ4n) is 3.61. The van der Waals surface area contributed by atoms with E-state index in [1.165, 1.54) is 17.9 Å². The first-order valence-electron chi connectivity index (χ1n) is 9.14. The maximum absolute atomic E-state index is 14.8. The number of rotatable bonds is 5. The zero-order valence-corrected chi connectivity index (χ0v) is 15.4. The number of carbonyl (C=O) groups excluding carboxylic acids is 2. The van der Waals surface area contributed by atoms with Crippen LogP contribution in [0.5, 0.6) is 0 Å². The van der Waals surface area contributed by atoms with Crippen LogP contribution in [0.3, 0.4) is 0 Å². The molecule has 0 saturated carbocycles. The molecule has 0 unspecified atom stereocenters. The SMILES string of the molecule is CC(=O)NC[C@H]1CN(c2ccc(N3CC[C@H](n4ccnn4)C3)c(F)c2)C(=O)O1. The lowest BCUT2D eigenvalue weighted by molar-refractivity contribution is -0.119. The first kappa shape index (κ1) is 18.2. The van der Waals surface area contributed by atoms with Gasteiger partial charge in [-0.05, 0) is 24.6 Å². The molecule has 2 saturated heterocycles. The molecular formula is C18H21FN6O3. The second-order valence-electron chi connectivity index (χ2n) is 6.96. The first-order valence-corrected chi connectivity index (χ1v) is 9.14. The number of ether oxygens (including phenoxy) is 1. The molecular weight excluding hydrogens is 367 g/mol. The van der Waals surface area contributed by atoms with Crippen LogP contribution in [-0.2, 0) is 9.53 Å². The highest BCUT2D eigenvalue weighted by molar-refractivity contribution is 5.90. The molecule has 0 bridgehead atoms. The highest BCUT2D eigenvalue weighted by Gasteiger charge is 2.33. The van der Waals surface area contributed by atoms with Gasteiger partial charge in [-0.25, -0.2) is 13.9 Å². The number of nitrogens with zero attached hydrogens (tertiary/aromatic N) is 5. The van der Waals surface area contributed by atoms with Gasteiger partial charge in [-0.15, -0.1) is 5.10 Å². The molecule has 0 spiro atoms. The Morgan fingerprint density at radius 1 is 1.39 bits per heavy atom. The van der Waals surface area contributed by atoms with Crippen molar-refractivity contribution in [2.75, 3.05) is 36.0 Å². The van der Waals surface area contributed by atoms with Crippen molar-refractivity contribution >= 4 is 23.4 Å². The van der Waals surface area contributed by atoms with E-state index in [1.807, 2.05) is 11.1 Å². The Balaban J connectivity index is 1.43. The second-order valence-corrected chi connectivity index (χ2v) is 6.96. The van der Waals surface area contributed by atoms with E-state index >= 15 is 0 Å². The van der Waals surface area contributed by atoms with E-state index in [9.17, 15) is 14.0 Å². The summed E-state index contributed by atoms with van der Waals surface area (Å²) in [4.78, 5) is 26.5. The van der Waals surface area contributed by atoms with Crippen LogP contribution in [-0.4, -0.2) is 59.3 Å².